The zero-order chi connectivity index (χ0) is 15.1. The maximum Gasteiger partial charge on any atom is 0.0596 e. The molecule has 1 atom stereocenters. The van der Waals surface area contributed by atoms with Crippen LogP contribution in [-0.2, 0) is 13.0 Å². The Morgan fingerprint density at radius 1 is 1.19 bits per heavy atom. The molecular formula is C18H27N3. The molecule has 0 fully saturated rings. The van der Waals surface area contributed by atoms with E-state index in [1.807, 2.05) is 0 Å². The molecule has 0 radical (unpaired) electrons. The van der Waals surface area contributed by atoms with E-state index in [0.29, 0.717) is 6.04 Å². The van der Waals surface area contributed by atoms with E-state index in [2.05, 4.69) is 72.3 Å². The van der Waals surface area contributed by atoms with Crippen molar-refractivity contribution >= 4 is 0 Å². The Balaban J connectivity index is 2.05. The molecule has 0 saturated carbocycles. The first-order valence-electron chi connectivity index (χ1n) is 8.06. The second-order valence-electron chi connectivity index (χ2n) is 5.55. The Labute approximate surface area is 128 Å². The van der Waals surface area contributed by atoms with Crippen LogP contribution in [0.25, 0.3) is 0 Å². The standard InChI is InChI=1S/C18H27N3/c1-4-13-19-18(16-9-7-6-8-10-16)12-11-17-14-15(3)20-21(17)5-2/h6-10,14,18-19H,4-5,11-13H2,1-3H3. The van der Waals surface area contributed by atoms with Gasteiger partial charge in [-0.05, 0) is 51.3 Å². The highest BCUT2D eigenvalue weighted by Crippen LogP contribution is 2.19. The van der Waals surface area contributed by atoms with E-state index in [0.717, 1.165) is 38.0 Å². The SMILES string of the molecule is CCCNC(CCc1cc(C)nn1CC)c1ccccc1. The van der Waals surface area contributed by atoms with Crippen LogP contribution in [-0.4, -0.2) is 16.3 Å². The normalized spacial score (nSPS) is 12.5. The highest BCUT2D eigenvalue weighted by Gasteiger charge is 2.12. The largest absolute Gasteiger partial charge is 0.310 e. The Morgan fingerprint density at radius 3 is 2.62 bits per heavy atom. The van der Waals surface area contributed by atoms with Crippen molar-refractivity contribution < 1.29 is 0 Å². The van der Waals surface area contributed by atoms with Gasteiger partial charge in [0.25, 0.3) is 0 Å². The zero-order valence-electron chi connectivity index (χ0n) is 13.5. The van der Waals surface area contributed by atoms with Crippen LogP contribution in [0.3, 0.4) is 0 Å². The van der Waals surface area contributed by atoms with E-state index < -0.39 is 0 Å². The van der Waals surface area contributed by atoms with Crippen LogP contribution >= 0.6 is 0 Å². The molecule has 1 aromatic carbocycles. The number of hydrogen-bond acceptors (Lipinski definition) is 2. The van der Waals surface area contributed by atoms with Crippen molar-refractivity contribution in [3.63, 3.8) is 0 Å². The van der Waals surface area contributed by atoms with Gasteiger partial charge in [0.2, 0.25) is 0 Å². The molecule has 2 aromatic rings. The third kappa shape index (κ3) is 4.43. The van der Waals surface area contributed by atoms with E-state index in [-0.39, 0.29) is 0 Å². The van der Waals surface area contributed by atoms with Gasteiger partial charge in [-0.1, -0.05) is 37.3 Å². The maximum atomic E-state index is 4.54. The van der Waals surface area contributed by atoms with Crippen LogP contribution in [0, 0.1) is 6.92 Å². The fourth-order valence-electron chi connectivity index (χ4n) is 2.76. The van der Waals surface area contributed by atoms with Gasteiger partial charge in [0, 0.05) is 18.3 Å². The van der Waals surface area contributed by atoms with Crippen LogP contribution in [0.1, 0.15) is 49.7 Å². The summed E-state index contributed by atoms with van der Waals surface area (Å²) in [4.78, 5) is 0. The van der Waals surface area contributed by atoms with E-state index in [1.54, 1.807) is 0 Å². The average Bonchev–Trinajstić information content (AvgIpc) is 2.88. The third-order valence-electron chi connectivity index (χ3n) is 3.82. The van der Waals surface area contributed by atoms with E-state index in [1.165, 1.54) is 11.3 Å². The topological polar surface area (TPSA) is 29.9 Å². The van der Waals surface area contributed by atoms with Crippen molar-refractivity contribution in [2.45, 2.75) is 52.6 Å². The molecule has 0 bridgehead atoms. The lowest BCUT2D eigenvalue weighted by molar-refractivity contribution is 0.487. The number of rotatable bonds is 8. The summed E-state index contributed by atoms with van der Waals surface area (Å²) in [6.45, 7) is 8.44. The molecule has 0 saturated heterocycles. The fraction of sp³-hybridized carbons (Fsp3) is 0.500. The van der Waals surface area contributed by atoms with Crippen LogP contribution in [0.5, 0.6) is 0 Å². The summed E-state index contributed by atoms with van der Waals surface area (Å²) in [6, 6.07) is 13.4. The second kappa shape index (κ2) is 7.99. The molecule has 114 valence electrons. The first-order chi connectivity index (χ1) is 10.2. The summed E-state index contributed by atoms with van der Waals surface area (Å²) < 4.78 is 2.12. The lowest BCUT2D eigenvalue weighted by atomic mass is 10.0. The molecule has 1 N–H and O–H groups in total. The van der Waals surface area contributed by atoms with Crippen LogP contribution in [0.15, 0.2) is 36.4 Å². The lowest BCUT2D eigenvalue weighted by Crippen LogP contribution is -2.23. The highest BCUT2D eigenvalue weighted by molar-refractivity contribution is 5.19. The summed E-state index contributed by atoms with van der Waals surface area (Å²) in [6.07, 6.45) is 3.33. The molecule has 1 unspecified atom stereocenters. The monoisotopic (exact) mass is 285 g/mol. The van der Waals surface area contributed by atoms with E-state index in [9.17, 15) is 0 Å². The molecule has 21 heavy (non-hydrogen) atoms. The number of aryl methyl sites for hydroxylation is 3. The van der Waals surface area contributed by atoms with Gasteiger partial charge in [0.15, 0.2) is 0 Å². The van der Waals surface area contributed by atoms with Crippen LogP contribution in [0.2, 0.25) is 0 Å². The third-order valence-corrected chi connectivity index (χ3v) is 3.82. The predicted octanol–water partition coefficient (Wildman–Crippen LogP) is 3.88. The average molecular weight is 285 g/mol. The van der Waals surface area contributed by atoms with Gasteiger partial charge in [0.05, 0.1) is 5.69 Å². The highest BCUT2D eigenvalue weighted by atomic mass is 15.3. The number of benzene rings is 1. The van der Waals surface area contributed by atoms with Gasteiger partial charge in [-0.15, -0.1) is 0 Å². The Bertz CT molecular complexity index is 531. The minimum Gasteiger partial charge on any atom is -0.310 e. The fourth-order valence-corrected chi connectivity index (χ4v) is 2.76. The molecule has 3 heteroatoms. The Kier molecular flexibility index (Phi) is 6.00. The quantitative estimate of drug-likeness (QED) is 0.797. The molecular weight excluding hydrogens is 258 g/mol. The van der Waals surface area contributed by atoms with Crippen LogP contribution < -0.4 is 5.32 Å². The number of nitrogens with zero attached hydrogens (tertiary/aromatic N) is 2. The smallest absolute Gasteiger partial charge is 0.0596 e. The van der Waals surface area contributed by atoms with Gasteiger partial charge >= 0.3 is 0 Å². The van der Waals surface area contributed by atoms with Crippen molar-refractivity contribution in [2.75, 3.05) is 6.54 Å². The van der Waals surface area contributed by atoms with Crippen molar-refractivity contribution in [1.82, 2.24) is 15.1 Å². The summed E-state index contributed by atoms with van der Waals surface area (Å²) in [7, 11) is 0. The summed E-state index contributed by atoms with van der Waals surface area (Å²) in [5.41, 5.74) is 3.84. The van der Waals surface area contributed by atoms with Crippen LogP contribution in [0.4, 0.5) is 0 Å². The van der Waals surface area contributed by atoms with Crippen molar-refractivity contribution in [3.8, 4) is 0 Å². The van der Waals surface area contributed by atoms with E-state index in [4.69, 9.17) is 0 Å². The zero-order valence-corrected chi connectivity index (χ0v) is 13.5. The molecule has 0 aliphatic carbocycles. The molecule has 0 aliphatic rings. The number of nitrogens with one attached hydrogen (secondary N) is 1. The molecule has 0 amide bonds. The first-order valence-corrected chi connectivity index (χ1v) is 8.06. The second-order valence-corrected chi connectivity index (χ2v) is 5.55. The minimum atomic E-state index is 0.423. The molecule has 1 aromatic heterocycles. The summed E-state index contributed by atoms with van der Waals surface area (Å²) in [5, 5.41) is 8.21. The molecule has 0 aliphatic heterocycles. The molecule has 2 rings (SSSR count). The first kappa shape index (κ1) is 15.8. The molecule has 3 nitrogen and oxygen atoms in total. The van der Waals surface area contributed by atoms with Crippen molar-refractivity contribution in [3.05, 3.63) is 53.3 Å². The number of aromatic nitrogens is 2. The maximum absolute atomic E-state index is 4.54. The summed E-state index contributed by atoms with van der Waals surface area (Å²) in [5.74, 6) is 0. The van der Waals surface area contributed by atoms with Gasteiger partial charge in [-0.25, -0.2) is 0 Å². The Morgan fingerprint density at radius 2 is 1.95 bits per heavy atom. The predicted molar refractivity (Wildman–Crippen MR) is 88.4 cm³/mol. The molecule has 1 heterocycles. The van der Waals surface area contributed by atoms with Crippen molar-refractivity contribution in [2.24, 2.45) is 0 Å². The summed E-state index contributed by atoms with van der Waals surface area (Å²) >= 11 is 0. The van der Waals surface area contributed by atoms with Gasteiger partial charge < -0.3 is 5.32 Å². The minimum absolute atomic E-state index is 0.423. The Hall–Kier alpha value is -1.61. The van der Waals surface area contributed by atoms with Crippen molar-refractivity contribution in [1.29, 1.82) is 0 Å². The van der Waals surface area contributed by atoms with E-state index >= 15 is 0 Å². The lowest BCUT2D eigenvalue weighted by Gasteiger charge is -2.19. The van der Waals surface area contributed by atoms with Gasteiger partial charge in [0.1, 0.15) is 0 Å². The van der Waals surface area contributed by atoms with Gasteiger partial charge in [-0.2, -0.15) is 5.10 Å². The number of hydrogen-bond donors (Lipinski definition) is 1. The van der Waals surface area contributed by atoms with Gasteiger partial charge in [-0.3, -0.25) is 4.68 Å². The molecule has 0 spiro atoms.